The normalized spacial score (nSPS) is 23.7. The van der Waals surface area contributed by atoms with E-state index in [1.807, 2.05) is 42.2 Å². The number of carbonyl (C=O) groups excluding carboxylic acids is 1. The number of hydrogen-bond donors (Lipinski definition) is 1. The maximum atomic E-state index is 12.6. The van der Waals surface area contributed by atoms with E-state index in [2.05, 4.69) is 12.2 Å². The SMILES string of the molecule is CCN(C(=O)C1NCCCC1C)c1ccccc1. The van der Waals surface area contributed by atoms with E-state index < -0.39 is 0 Å². The third kappa shape index (κ3) is 2.72. The highest BCUT2D eigenvalue weighted by Crippen LogP contribution is 2.21. The second-order valence-electron chi connectivity index (χ2n) is 4.97. The highest BCUT2D eigenvalue weighted by molar-refractivity contribution is 5.97. The maximum Gasteiger partial charge on any atom is 0.244 e. The van der Waals surface area contributed by atoms with Crippen molar-refractivity contribution in [1.29, 1.82) is 0 Å². The van der Waals surface area contributed by atoms with Gasteiger partial charge in [0.25, 0.3) is 0 Å². The molecule has 0 aromatic heterocycles. The Morgan fingerprint density at radius 2 is 2.11 bits per heavy atom. The summed E-state index contributed by atoms with van der Waals surface area (Å²) in [6, 6.07) is 9.89. The van der Waals surface area contributed by atoms with Crippen molar-refractivity contribution in [3.8, 4) is 0 Å². The topological polar surface area (TPSA) is 32.3 Å². The highest BCUT2D eigenvalue weighted by atomic mass is 16.2. The molecule has 0 saturated carbocycles. The number of hydrogen-bond acceptors (Lipinski definition) is 2. The Morgan fingerprint density at radius 3 is 2.72 bits per heavy atom. The van der Waals surface area contributed by atoms with Crippen molar-refractivity contribution in [3.63, 3.8) is 0 Å². The van der Waals surface area contributed by atoms with Gasteiger partial charge >= 0.3 is 0 Å². The van der Waals surface area contributed by atoms with Gasteiger partial charge < -0.3 is 10.2 Å². The fourth-order valence-corrected chi connectivity index (χ4v) is 2.62. The zero-order valence-electron chi connectivity index (χ0n) is 11.2. The van der Waals surface area contributed by atoms with E-state index in [4.69, 9.17) is 0 Å². The van der Waals surface area contributed by atoms with E-state index in [-0.39, 0.29) is 11.9 Å². The largest absolute Gasteiger partial charge is 0.311 e. The summed E-state index contributed by atoms with van der Waals surface area (Å²) >= 11 is 0. The minimum atomic E-state index is -0.0288. The molecule has 0 radical (unpaired) electrons. The molecule has 0 spiro atoms. The number of anilines is 1. The summed E-state index contributed by atoms with van der Waals surface area (Å²) in [5.41, 5.74) is 0.990. The molecule has 0 bridgehead atoms. The fraction of sp³-hybridized carbons (Fsp3) is 0.533. The molecule has 1 N–H and O–H groups in total. The lowest BCUT2D eigenvalue weighted by Gasteiger charge is -2.33. The van der Waals surface area contributed by atoms with E-state index >= 15 is 0 Å². The van der Waals surface area contributed by atoms with Crippen LogP contribution >= 0.6 is 0 Å². The zero-order valence-corrected chi connectivity index (χ0v) is 11.2. The second-order valence-corrected chi connectivity index (χ2v) is 4.97. The van der Waals surface area contributed by atoms with E-state index in [9.17, 15) is 4.79 Å². The summed E-state index contributed by atoms with van der Waals surface area (Å²) in [6.45, 7) is 5.85. The molecule has 1 aliphatic heterocycles. The van der Waals surface area contributed by atoms with Crippen LogP contribution < -0.4 is 10.2 Å². The minimum absolute atomic E-state index is 0.0288. The number of amides is 1. The van der Waals surface area contributed by atoms with Gasteiger partial charge in [0, 0.05) is 12.2 Å². The maximum absolute atomic E-state index is 12.6. The van der Waals surface area contributed by atoms with Crippen LogP contribution in [0.5, 0.6) is 0 Å². The monoisotopic (exact) mass is 246 g/mol. The van der Waals surface area contributed by atoms with E-state index in [0.29, 0.717) is 12.5 Å². The van der Waals surface area contributed by atoms with Crippen LogP contribution in [0.2, 0.25) is 0 Å². The summed E-state index contributed by atoms with van der Waals surface area (Å²) in [4.78, 5) is 14.5. The van der Waals surface area contributed by atoms with Crippen molar-refractivity contribution in [2.45, 2.75) is 32.7 Å². The predicted molar refractivity (Wildman–Crippen MR) is 74.7 cm³/mol. The van der Waals surface area contributed by atoms with Gasteiger partial charge in [0.2, 0.25) is 5.91 Å². The van der Waals surface area contributed by atoms with Crippen LogP contribution in [-0.4, -0.2) is 25.0 Å². The van der Waals surface area contributed by atoms with Crippen LogP contribution in [-0.2, 0) is 4.79 Å². The Morgan fingerprint density at radius 1 is 1.39 bits per heavy atom. The van der Waals surface area contributed by atoms with Crippen molar-refractivity contribution in [3.05, 3.63) is 30.3 Å². The van der Waals surface area contributed by atoms with Gasteiger partial charge in [0.15, 0.2) is 0 Å². The Hall–Kier alpha value is -1.35. The summed E-state index contributed by atoms with van der Waals surface area (Å²) in [6.07, 6.45) is 2.30. The third-order valence-electron chi connectivity index (χ3n) is 3.69. The van der Waals surface area contributed by atoms with Gasteiger partial charge in [-0.1, -0.05) is 25.1 Å². The quantitative estimate of drug-likeness (QED) is 0.888. The summed E-state index contributed by atoms with van der Waals surface area (Å²) in [5.74, 6) is 0.625. The van der Waals surface area contributed by atoms with Gasteiger partial charge in [-0.25, -0.2) is 0 Å². The third-order valence-corrected chi connectivity index (χ3v) is 3.69. The highest BCUT2D eigenvalue weighted by Gasteiger charge is 2.30. The van der Waals surface area contributed by atoms with E-state index in [1.165, 1.54) is 6.42 Å². The Labute approximate surface area is 109 Å². The van der Waals surface area contributed by atoms with Crippen LogP contribution in [0, 0.1) is 5.92 Å². The molecule has 1 saturated heterocycles. The molecular formula is C15H22N2O. The second kappa shape index (κ2) is 6.01. The smallest absolute Gasteiger partial charge is 0.244 e. The van der Waals surface area contributed by atoms with Crippen molar-refractivity contribution < 1.29 is 4.79 Å². The van der Waals surface area contributed by atoms with Crippen molar-refractivity contribution in [1.82, 2.24) is 5.32 Å². The molecule has 1 aromatic rings. The average molecular weight is 246 g/mol. The van der Waals surface area contributed by atoms with E-state index in [0.717, 1.165) is 18.7 Å². The molecule has 1 amide bonds. The lowest BCUT2D eigenvalue weighted by atomic mass is 9.91. The fourth-order valence-electron chi connectivity index (χ4n) is 2.62. The molecule has 2 unspecified atom stereocenters. The lowest BCUT2D eigenvalue weighted by molar-refractivity contribution is -0.122. The van der Waals surface area contributed by atoms with Gasteiger partial charge in [0.05, 0.1) is 6.04 Å². The molecule has 1 aliphatic rings. The summed E-state index contributed by atoms with van der Waals surface area (Å²) in [7, 11) is 0. The van der Waals surface area contributed by atoms with Crippen LogP contribution in [0.1, 0.15) is 26.7 Å². The number of benzene rings is 1. The van der Waals surface area contributed by atoms with Crippen molar-refractivity contribution in [2.24, 2.45) is 5.92 Å². The van der Waals surface area contributed by atoms with Crippen molar-refractivity contribution in [2.75, 3.05) is 18.0 Å². The molecular weight excluding hydrogens is 224 g/mol. The molecule has 1 aromatic carbocycles. The lowest BCUT2D eigenvalue weighted by Crippen LogP contribution is -2.52. The van der Waals surface area contributed by atoms with Gasteiger partial charge in [-0.2, -0.15) is 0 Å². The van der Waals surface area contributed by atoms with Gasteiger partial charge in [0.1, 0.15) is 0 Å². The average Bonchev–Trinajstić information content (AvgIpc) is 2.41. The van der Waals surface area contributed by atoms with Gasteiger partial charge in [-0.05, 0) is 44.4 Å². The number of rotatable bonds is 3. The molecule has 2 rings (SSSR count). The molecule has 18 heavy (non-hydrogen) atoms. The molecule has 0 aliphatic carbocycles. The van der Waals surface area contributed by atoms with Crippen molar-refractivity contribution >= 4 is 11.6 Å². The molecule has 3 nitrogen and oxygen atoms in total. The number of nitrogens with zero attached hydrogens (tertiary/aromatic N) is 1. The first-order valence-electron chi connectivity index (χ1n) is 6.84. The first-order chi connectivity index (χ1) is 8.74. The molecule has 2 atom stereocenters. The number of carbonyl (C=O) groups is 1. The standard InChI is InChI=1S/C15H22N2O/c1-3-17(13-9-5-4-6-10-13)15(18)14-12(2)8-7-11-16-14/h4-6,9-10,12,14,16H,3,7-8,11H2,1-2H3. The molecule has 98 valence electrons. The number of para-hydroxylation sites is 1. The van der Waals surface area contributed by atoms with Crippen LogP contribution in [0.15, 0.2) is 30.3 Å². The van der Waals surface area contributed by atoms with Gasteiger partial charge in [-0.3, -0.25) is 4.79 Å². The summed E-state index contributed by atoms with van der Waals surface area (Å²) in [5, 5.41) is 3.36. The Bertz CT molecular complexity index is 391. The minimum Gasteiger partial charge on any atom is -0.311 e. The number of piperidine rings is 1. The first kappa shape index (κ1) is 13.1. The molecule has 1 heterocycles. The number of likely N-dealkylation sites (N-methyl/N-ethyl adjacent to an activating group) is 1. The van der Waals surface area contributed by atoms with E-state index in [1.54, 1.807) is 0 Å². The first-order valence-corrected chi connectivity index (χ1v) is 6.84. The number of nitrogens with one attached hydrogen (secondary N) is 1. The molecule has 1 fully saturated rings. The summed E-state index contributed by atoms with van der Waals surface area (Å²) < 4.78 is 0. The molecule has 3 heteroatoms. The Kier molecular flexibility index (Phi) is 4.37. The van der Waals surface area contributed by atoms with Gasteiger partial charge in [-0.15, -0.1) is 0 Å². The van der Waals surface area contributed by atoms with Crippen LogP contribution in [0.25, 0.3) is 0 Å². The zero-order chi connectivity index (χ0) is 13.0. The van der Waals surface area contributed by atoms with Crippen LogP contribution in [0.3, 0.4) is 0 Å². The Balaban J connectivity index is 2.15. The van der Waals surface area contributed by atoms with Crippen LogP contribution in [0.4, 0.5) is 5.69 Å². The predicted octanol–water partition coefficient (Wildman–Crippen LogP) is 2.43.